The fourth-order valence-corrected chi connectivity index (χ4v) is 15.0. The van der Waals surface area contributed by atoms with Gasteiger partial charge in [-0.2, -0.15) is 0 Å². The van der Waals surface area contributed by atoms with E-state index in [9.17, 15) is 61.0 Å². The van der Waals surface area contributed by atoms with Crippen molar-refractivity contribution in [2.24, 2.45) is 50.2 Å². The van der Waals surface area contributed by atoms with E-state index < -0.39 is 135 Å². The van der Waals surface area contributed by atoms with E-state index in [2.05, 4.69) is 54.5 Å². The monoisotopic (exact) mass is 943 g/mol. The third kappa shape index (κ3) is 7.87. The molecule has 8 aliphatic rings. The first-order valence-electron chi connectivity index (χ1n) is 24.3. The zero-order valence-electron chi connectivity index (χ0n) is 39.5. The van der Waals surface area contributed by atoms with Crippen LogP contribution in [0.15, 0.2) is 11.6 Å². The first-order chi connectivity index (χ1) is 30.9. The minimum Gasteiger partial charge on any atom is -0.432 e. The van der Waals surface area contributed by atoms with Crippen molar-refractivity contribution in [3.63, 3.8) is 0 Å². The highest BCUT2D eigenvalue weighted by Crippen LogP contribution is 2.76. The van der Waals surface area contributed by atoms with Crippen LogP contribution in [0.25, 0.3) is 0 Å². The van der Waals surface area contributed by atoms with E-state index in [1.165, 1.54) is 5.57 Å². The second-order valence-corrected chi connectivity index (χ2v) is 23.5. The normalized spacial score (nSPS) is 53.3. The molecule has 0 radical (unpaired) electrons. The first kappa shape index (κ1) is 50.9. The topological polar surface area (TPSA) is 295 Å². The molecule has 66 heavy (non-hydrogen) atoms. The van der Waals surface area contributed by atoms with Crippen LogP contribution in [0.5, 0.6) is 0 Å². The minimum absolute atomic E-state index is 0.0628. The number of aliphatic hydroxyl groups is 11. The zero-order valence-corrected chi connectivity index (χ0v) is 39.5. The SMILES string of the molecule is CC1(C)CCC2(C(=O)OC3OC(CO)C(O)C(O)C3O)CCC3(C)C(=CCC4C5(C)CCC(OC6OC(CO)C(O)C(O)C6OC6OC(CO)C(O)C(O)C6O)C(C)(C)C5CCC43C)C2C1. The summed E-state index contributed by atoms with van der Waals surface area (Å²) < 4.78 is 36.2. The molecule has 3 saturated heterocycles. The van der Waals surface area contributed by atoms with Crippen molar-refractivity contribution < 1.29 is 89.4 Å². The number of fused-ring (bicyclic) bond motifs is 7. The third-order valence-electron chi connectivity index (χ3n) is 19.3. The Labute approximate surface area is 387 Å². The molecular weight excluding hydrogens is 865 g/mol. The molecule has 5 aliphatic carbocycles. The highest BCUT2D eigenvalue weighted by Gasteiger charge is 2.70. The summed E-state index contributed by atoms with van der Waals surface area (Å²) in [5.41, 5.74) is -0.746. The molecule has 23 unspecified atom stereocenters. The molecule has 7 fully saturated rings. The molecule has 3 aliphatic heterocycles. The Morgan fingerprint density at radius 1 is 0.606 bits per heavy atom. The molecule has 0 bridgehead atoms. The molecule has 18 heteroatoms. The molecular formula is C48H78O18. The summed E-state index contributed by atoms with van der Waals surface area (Å²) in [6, 6.07) is 0. The largest absolute Gasteiger partial charge is 0.432 e. The fourth-order valence-electron chi connectivity index (χ4n) is 15.0. The molecule has 11 N–H and O–H groups in total. The lowest BCUT2D eigenvalue weighted by Crippen LogP contribution is -2.67. The number of esters is 1. The van der Waals surface area contributed by atoms with Gasteiger partial charge in [-0.15, -0.1) is 0 Å². The number of carbonyl (C=O) groups is 1. The summed E-state index contributed by atoms with van der Waals surface area (Å²) in [5, 5.41) is 115. The lowest BCUT2D eigenvalue weighted by Gasteiger charge is -2.71. The van der Waals surface area contributed by atoms with E-state index in [0.29, 0.717) is 19.3 Å². The van der Waals surface area contributed by atoms with Crippen LogP contribution in [0.3, 0.4) is 0 Å². The summed E-state index contributed by atoms with van der Waals surface area (Å²) >= 11 is 0. The summed E-state index contributed by atoms with van der Waals surface area (Å²) in [5.74, 6) is -0.227. The van der Waals surface area contributed by atoms with Gasteiger partial charge in [-0.05, 0) is 109 Å². The Hall–Kier alpha value is -1.43. The molecule has 378 valence electrons. The van der Waals surface area contributed by atoms with Gasteiger partial charge in [0.05, 0.1) is 31.3 Å². The van der Waals surface area contributed by atoms with Gasteiger partial charge < -0.3 is 84.6 Å². The van der Waals surface area contributed by atoms with Crippen molar-refractivity contribution in [1.82, 2.24) is 0 Å². The average Bonchev–Trinajstić information content (AvgIpc) is 3.27. The second-order valence-electron chi connectivity index (χ2n) is 23.5. The van der Waals surface area contributed by atoms with E-state index in [1.807, 2.05) is 0 Å². The Balaban J connectivity index is 1.04. The van der Waals surface area contributed by atoms with Gasteiger partial charge in [-0.25, -0.2) is 0 Å². The van der Waals surface area contributed by atoms with Crippen LogP contribution in [0.4, 0.5) is 0 Å². The van der Waals surface area contributed by atoms with Gasteiger partial charge in [0.2, 0.25) is 6.29 Å². The van der Waals surface area contributed by atoms with Gasteiger partial charge in [-0.1, -0.05) is 60.1 Å². The maximum Gasteiger partial charge on any atom is 0.315 e. The quantitative estimate of drug-likeness (QED) is 0.0833. The molecule has 23 atom stereocenters. The van der Waals surface area contributed by atoms with Crippen molar-refractivity contribution in [3.8, 4) is 0 Å². The minimum atomic E-state index is -1.78. The fraction of sp³-hybridized carbons (Fsp3) is 0.938. The first-order valence-corrected chi connectivity index (χ1v) is 24.3. The number of hydrogen-bond donors (Lipinski definition) is 11. The summed E-state index contributed by atoms with van der Waals surface area (Å²) in [4.78, 5) is 14.7. The van der Waals surface area contributed by atoms with Gasteiger partial charge in [0.15, 0.2) is 12.6 Å². The summed E-state index contributed by atoms with van der Waals surface area (Å²) in [6.07, 6.45) is -13.8. The predicted octanol–water partition coefficient (Wildman–Crippen LogP) is 0.141. The standard InChI is InChI=1S/C48H78O18/c1-43(2)14-16-48(42(60)66-40-37(59)34(56)31(53)25(20-50)62-40)17-15-46(6)22(23(48)18-43)8-9-28-45(5)12-11-29(44(3,4)27(45)10-13-47(28,46)7)64-41-38(35(57)32(54)26(21-51)63-41)65-39-36(58)33(55)30(52)24(19-49)61-39/h8,23-41,49-59H,9-21H2,1-7H3. The molecule has 0 amide bonds. The van der Waals surface area contributed by atoms with E-state index in [0.717, 1.165) is 44.9 Å². The number of carbonyl (C=O) groups excluding carboxylic acids is 1. The number of aliphatic hydroxyl groups excluding tert-OH is 11. The van der Waals surface area contributed by atoms with Crippen molar-refractivity contribution in [1.29, 1.82) is 0 Å². The third-order valence-corrected chi connectivity index (χ3v) is 19.3. The van der Waals surface area contributed by atoms with Crippen LogP contribution in [0.1, 0.15) is 113 Å². The van der Waals surface area contributed by atoms with Crippen LogP contribution >= 0.6 is 0 Å². The van der Waals surface area contributed by atoms with Gasteiger partial charge >= 0.3 is 5.97 Å². The Bertz CT molecular complexity index is 1790. The van der Waals surface area contributed by atoms with Crippen LogP contribution < -0.4 is 0 Å². The lowest BCUT2D eigenvalue weighted by molar-refractivity contribution is -0.378. The maximum absolute atomic E-state index is 14.7. The Morgan fingerprint density at radius 2 is 1.15 bits per heavy atom. The number of rotatable bonds is 9. The molecule has 8 rings (SSSR count). The molecule has 0 aromatic heterocycles. The van der Waals surface area contributed by atoms with Gasteiger partial charge in [0, 0.05) is 0 Å². The van der Waals surface area contributed by atoms with Crippen molar-refractivity contribution >= 4 is 5.97 Å². The molecule has 18 nitrogen and oxygen atoms in total. The highest BCUT2D eigenvalue weighted by atomic mass is 16.8. The zero-order chi connectivity index (χ0) is 48.3. The van der Waals surface area contributed by atoms with Crippen molar-refractivity contribution in [2.45, 2.75) is 211 Å². The van der Waals surface area contributed by atoms with Gasteiger partial charge in [0.1, 0.15) is 73.2 Å². The second kappa shape index (κ2) is 18.0. The average molecular weight is 943 g/mol. The van der Waals surface area contributed by atoms with E-state index in [-0.39, 0.29) is 39.4 Å². The van der Waals surface area contributed by atoms with Crippen LogP contribution in [0, 0.1) is 50.2 Å². The van der Waals surface area contributed by atoms with Crippen molar-refractivity contribution in [3.05, 3.63) is 11.6 Å². The number of ether oxygens (including phenoxy) is 6. The number of allylic oxidation sites excluding steroid dienone is 2. The molecule has 4 saturated carbocycles. The molecule has 0 aromatic carbocycles. The van der Waals surface area contributed by atoms with E-state index >= 15 is 0 Å². The molecule has 0 aromatic rings. The maximum atomic E-state index is 14.7. The smallest absolute Gasteiger partial charge is 0.315 e. The Kier molecular flexibility index (Phi) is 13.9. The van der Waals surface area contributed by atoms with Crippen LogP contribution in [-0.2, 0) is 33.2 Å². The van der Waals surface area contributed by atoms with Crippen molar-refractivity contribution in [2.75, 3.05) is 19.8 Å². The summed E-state index contributed by atoms with van der Waals surface area (Å²) in [7, 11) is 0. The highest BCUT2D eigenvalue weighted by molar-refractivity contribution is 5.79. The number of hydrogen-bond acceptors (Lipinski definition) is 18. The molecule has 0 spiro atoms. The summed E-state index contributed by atoms with van der Waals surface area (Å²) in [6.45, 7) is 14.1. The van der Waals surface area contributed by atoms with E-state index in [1.54, 1.807) is 0 Å². The predicted molar refractivity (Wildman–Crippen MR) is 230 cm³/mol. The van der Waals surface area contributed by atoms with Crippen LogP contribution in [-0.4, -0.2) is 180 Å². The van der Waals surface area contributed by atoms with Crippen LogP contribution in [0.2, 0.25) is 0 Å². The molecule has 3 heterocycles. The van der Waals surface area contributed by atoms with Gasteiger partial charge in [-0.3, -0.25) is 4.79 Å². The van der Waals surface area contributed by atoms with E-state index in [4.69, 9.17) is 28.4 Å². The lowest BCUT2D eigenvalue weighted by atomic mass is 9.33. The Morgan fingerprint density at radius 3 is 1.76 bits per heavy atom. The van der Waals surface area contributed by atoms with Gasteiger partial charge in [0.25, 0.3) is 0 Å².